The predicted octanol–water partition coefficient (Wildman–Crippen LogP) is 4.00. The Morgan fingerprint density at radius 1 is 1.29 bits per heavy atom. The van der Waals surface area contributed by atoms with Crippen LogP contribution in [-0.4, -0.2) is 19.7 Å². The molecule has 0 aromatic carbocycles. The first-order chi connectivity index (χ1) is 9.97. The van der Waals surface area contributed by atoms with Crippen molar-refractivity contribution >= 4 is 0 Å². The smallest absolute Gasteiger partial charge is 0.162 e. The molecule has 0 fully saturated rings. The normalized spacial score (nSPS) is 20.7. The van der Waals surface area contributed by atoms with Crippen molar-refractivity contribution in [2.24, 2.45) is 0 Å². The van der Waals surface area contributed by atoms with E-state index in [4.69, 9.17) is 0 Å². The van der Waals surface area contributed by atoms with Gasteiger partial charge in [-0.15, -0.1) is 0 Å². The molecule has 0 bridgehead atoms. The molecule has 4 nitrogen and oxygen atoms in total. The molecule has 0 saturated carbocycles. The van der Waals surface area contributed by atoms with Gasteiger partial charge >= 0.3 is 0 Å². The molecule has 21 heavy (non-hydrogen) atoms. The summed E-state index contributed by atoms with van der Waals surface area (Å²) < 4.78 is 15.8. The molecule has 0 amide bonds. The average Bonchev–Trinajstić information content (AvgIpc) is 3.03. The van der Waals surface area contributed by atoms with Crippen LogP contribution < -0.4 is 0 Å². The third kappa shape index (κ3) is 2.96. The standard InChI is InChI=1S/C14H17FN4.C2H6/c1-14(2,3)13-17-12-10(15)7-11(19(12)18-13)9-5-4-6-16-8-9;1-2/h4-6,8,10-11H,7H2,1-3H3;1-2H3. The first kappa shape index (κ1) is 15.6. The number of pyridine rings is 1. The summed E-state index contributed by atoms with van der Waals surface area (Å²) in [5.41, 5.74) is 0.811. The molecule has 5 heteroatoms. The summed E-state index contributed by atoms with van der Waals surface area (Å²) in [6.07, 6.45) is 2.83. The second kappa shape index (κ2) is 5.92. The zero-order chi connectivity index (χ0) is 15.6. The number of nitrogens with zero attached hydrogens (tertiary/aromatic N) is 4. The minimum absolute atomic E-state index is 0.0951. The summed E-state index contributed by atoms with van der Waals surface area (Å²) in [4.78, 5) is 8.47. The van der Waals surface area contributed by atoms with E-state index in [9.17, 15) is 4.39 Å². The van der Waals surface area contributed by atoms with Crippen LogP contribution in [0.4, 0.5) is 4.39 Å². The summed E-state index contributed by atoms with van der Waals surface area (Å²) >= 11 is 0. The van der Waals surface area contributed by atoms with Gasteiger partial charge in [0.1, 0.15) is 0 Å². The molecule has 2 atom stereocenters. The van der Waals surface area contributed by atoms with E-state index in [1.54, 1.807) is 17.1 Å². The van der Waals surface area contributed by atoms with Gasteiger partial charge in [0.15, 0.2) is 17.8 Å². The fraction of sp³-hybridized carbons (Fsp3) is 0.562. The zero-order valence-corrected chi connectivity index (χ0v) is 13.3. The number of alkyl halides is 1. The van der Waals surface area contributed by atoms with Gasteiger partial charge < -0.3 is 0 Å². The molecule has 1 aliphatic rings. The summed E-state index contributed by atoms with van der Waals surface area (Å²) in [6.45, 7) is 10.1. The van der Waals surface area contributed by atoms with Crippen LogP contribution in [-0.2, 0) is 5.41 Å². The van der Waals surface area contributed by atoms with Crippen LogP contribution in [0, 0.1) is 0 Å². The average molecular weight is 290 g/mol. The van der Waals surface area contributed by atoms with Gasteiger partial charge in [0.05, 0.1) is 6.04 Å². The van der Waals surface area contributed by atoms with Gasteiger partial charge in [-0.2, -0.15) is 5.10 Å². The maximum atomic E-state index is 14.1. The Morgan fingerprint density at radius 3 is 2.57 bits per heavy atom. The summed E-state index contributed by atoms with van der Waals surface area (Å²) in [5.74, 6) is 1.14. The zero-order valence-electron chi connectivity index (χ0n) is 13.3. The van der Waals surface area contributed by atoms with E-state index >= 15 is 0 Å². The molecule has 0 spiro atoms. The summed E-state index contributed by atoms with van der Waals surface area (Å²) in [6, 6.07) is 3.72. The van der Waals surface area contributed by atoms with Crippen LogP contribution >= 0.6 is 0 Å². The van der Waals surface area contributed by atoms with Gasteiger partial charge in [0.2, 0.25) is 0 Å². The van der Waals surface area contributed by atoms with Crippen molar-refractivity contribution in [2.45, 2.75) is 58.7 Å². The van der Waals surface area contributed by atoms with Crippen LogP contribution in [0.25, 0.3) is 0 Å². The van der Waals surface area contributed by atoms with E-state index in [1.807, 2.05) is 46.8 Å². The van der Waals surface area contributed by atoms with Crippen molar-refractivity contribution < 1.29 is 4.39 Å². The van der Waals surface area contributed by atoms with Gasteiger partial charge in [-0.3, -0.25) is 4.98 Å². The Morgan fingerprint density at radius 2 is 2.00 bits per heavy atom. The van der Waals surface area contributed by atoms with Gasteiger partial charge in [-0.05, 0) is 11.6 Å². The second-order valence-electron chi connectivity index (χ2n) is 5.99. The van der Waals surface area contributed by atoms with E-state index in [0.29, 0.717) is 18.1 Å². The van der Waals surface area contributed by atoms with Crippen molar-refractivity contribution in [1.29, 1.82) is 0 Å². The number of aromatic nitrogens is 4. The number of fused-ring (bicyclic) bond motifs is 1. The Kier molecular flexibility index (Phi) is 4.40. The van der Waals surface area contributed by atoms with Gasteiger partial charge in [0.25, 0.3) is 0 Å². The monoisotopic (exact) mass is 290 g/mol. The lowest BCUT2D eigenvalue weighted by atomic mass is 9.96. The first-order valence-electron chi connectivity index (χ1n) is 7.48. The van der Waals surface area contributed by atoms with Crippen LogP contribution in [0.15, 0.2) is 24.5 Å². The largest absolute Gasteiger partial charge is 0.264 e. The van der Waals surface area contributed by atoms with Gasteiger partial charge in [0, 0.05) is 24.2 Å². The van der Waals surface area contributed by atoms with Crippen molar-refractivity contribution in [2.75, 3.05) is 0 Å². The van der Waals surface area contributed by atoms with E-state index in [2.05, 4.69) is 15.1 Å². The maximum absolute atomic E-state index is 14.1. The van der Waals surface area contributed by atoms with Crippen molar-refractivity contribution in [3.05, 3.63) is 41.7 Å². The molecular formula is C16H23FN4. The minimum atomic E-state index is -1.05. The molecule has 0 aliphatic carbocycles. The lowest BCUT2D eigenvalue weighted by molar-refractivity contribution is 0.326. The highest BCUT2D eigenvalue weighted by Gasteiger charge is 2.37. The van der Waals surface area contributed by atoms with Gasteiger partial charge in [-0.25, -0.2) is 14.1 Å². The number of halogens is 1. The predicted molar refractivity (Wildman–Crippen MR) is 80.9 cm³/mol. The highest BCUT2D eigenvalue weighted by Crippen LogP contribution is 2.39. The van der Waals surface area contributed by atoms with Crippen LogP contribution in [0.1, 0.15) is 70.5 Å². The van der Waals surface area contributed by atoms with E-state index < -0.39 is 6.17 Å². The highest BCUT2D eigenvalue weighted by molar-refractivity contribution is 5.21. The van der Waals surface area contributed by atoms with Crippen LogP contribution in [0.5, 0.6) is 0 Å². The van der Waals surface area contributed by atoms with Crippen LogP contribution in [0.3, 0.4) is 0 Å². The van der Waals surface area contributed by atoms with E-state index in [0.717, 1.165) is 5.56 Å². The molecule has 114 valence electrons. The summed E-state index contributed by atoms with van der Waals surface area (Å²) in [7, 11) is 0. The molecule has 2 unspecified atom stereocenters. The van der Waals surface area contributed by atoms with Crippen molar-refractivity contribution in [1.82, 2.24) is 19.7 Å². The maximum Gasteiger partial charge on any atom is 0.162 e. The Bertz CT molecular complexity index is 586. The SMILES string of the molecule is CC.CC(C)(C)c1nc2n(n1)C(c1cccnc1)CC2F. The quantitative estimate of drug-likeness (QED) is 0.797. The highest BCUT2D eigenvalue weighted by atomic mass is 19.1. The molecule has 0 radical (unpaired) electrons. The molecule has 3 heterocycles. The molecule has 1 aliphatic heterocycles. The summed E-state index contributed by atoms with van der Waals surface area (Å²) in [5, 5.41) is 4.51. The Hall–Kier alpha value is -1.78. The number of rotatable bonds is 1. The lowest BCUT2D eigenvalue weighted by Crippen LogP contribution is -2.16. The molecule has 3 rings (SSSR count). The number of hydrogen-bond acceptors (Lipinski definition) is 3. The fourth-order valence-corrected chi connectivity index (χ4v) is 2.35. The molecule has 0 saturated heterocycles. The molecule has 2 aromatic rings. The lowest BCUT2D eigenvalue weighted by Gasteiger charge is -2.15. The van der Waals surface area contributed by atoms with Gasteiger partial charge in [-0.1, -0.05) is 40.7 Å². The topological polar surface area (TPSA) is 43.6 Å². The molecule has 0 N–H and O–H groups in total. The number of hydrogen-bond donors (Lipinski definition) is 0. The van der Waals surface area contributed by atoms with Crippen LogP contribution in [0.2, 0.25) is 0 Å². The van der Waals surface area contributed by atoms with Crippen molar-refractivity contribution in [3.8, 4) is 0 Å². The third-order valence-electron chi connectivity index (χ3n) is 3.40. The Balaban J connectivity index is 0.000000774. The molecular weight excluding hydrogens is 267 g/mol. The van der Waals surface area contributed by atoms with E-state index in [1.165, 1.54) is 0 Å². The fourth-order valence-electron chi connectivity index (χ4n) is 2.35. The Labute approximate surface area is 125 Å². The van der Waals surface area contributed by atoms with Crippen molar-refractivity contribution in [3.63, 3.8) is 0 Å². The molecule has 2 aromatic heterocycles. The third-order valence-corrected chi connectivity index (χ3v) is 3.40. The first-order valence-corrected chi connectivity index (χ1v) is 7.48. The second-order valence-corrected chi connectivity index (χ2v) is 5.99. The van der Waals surface area contributed by atoms with E-state index in [-0.39, 0.29) is 11.5 Å². The minimum Gasteiger partial charge on any atom is -0.264 e.